The average Bonchev–Trinajstić information content (AvgIpc) is 1.96. The van der Waals surface area contributed by atoms with Crippen molar-refractivity contribution in [2.24, 2.45) is 0 Å². The molecule has 6 heteroatoms. The molecule has 88 valence electrons. The largest absolute Gasteiger partial charge is 0.397 e. The van der Waals surface area contributed by atoms with Gasteiger partial charge in [-0.05, 0) is 19.3 Å². The first-order chi connectivity index (χ1) is 6.94. The Bertz CT molecular complexity index is 228. The predicted molar refractivity (Wildman–Crippen MR) is 53.8 cm³/mol. The number of rotatable bonds is 4. The first-order valence-electron chi connectivity index (χ1n) is 4.86. The molecule has 0 N–H and O–H groups in total. The molecule has 2 nitrogen and oxygen atoms in total. The van der Waals surface area contributed by atoms with E-state index in [0.29, 0.717) is 11.9 Å². The van der Waals surface area contributed by atoms with Crippen LogP contribution in [-0.4, -0.2) is 34.9 Å². The molecule has 0 saturated heterocycles. The Labute approximate surface area is 94.9 Å². The SMILES string of the molecule is O=C(CC(F)(F)F)N(CCBr)C1CCC1. The Morgan fingerprint density at radius 3 is 2.33 bits per heavy atom. The van der Waals surface area contributed by atoms with E-state index in [-0.39, 0.29) is 6.04 Å². The molecule has 1 rings (SSSR count). The zero-order chi connectivity index (χ0) is 11.5. The van der Waals surface area contributed by atoms with Gasteiger partial charge >= 0.3 is 6.18 Å². The van der Waals surface area contributed by atoms with Crippen LogP contribution in [0.3, 0.4) is 0 Å². The van der Waals surface area contributed by atoms with E-state index < -0.39 is 18.5 Å². The Kier molecular flexibility index (Phi) is 4.43. The second-order valence-electron chi connectivity index (χ2n) is 3.65. The van der Waals surface area contributed by atoms with Crippen molar-refractivity contribution in [3.8, 4) is 0 Å². The van der Waals surface area contributed by atoms with Crippen molar-refractivity contribution in [3.05, 3.63) is 0 Å². The first kappa shape index (κ1) is 12.8. The smallest absolute Gasteiger partial charge is 0.339 e. The number of halogens is 4. The van der Waals surface area contributed by atoms with Gasteiger partial charge in [-0.3, -0.25) is 4.79 Å². The van der Waals surface area contributed by atoms with Gasteiger partial charge in [0, 0.05) is 17.9 Å². The van der Waals surface area contributed by atoms with Crippen molar-refractivity contribution in [2.75, 3.05) is 11.9 Å². The lowest BCUT2D eigenvalue weighted by molar-refractivity contribution is -0.164. The fraction of sp³-hybridized carbons (Fsp3) is 0.889. The van der Waals surface area contributed by atoms with Crippen molar-refractivity contribution < 1.29 is 18.0 Å². The maximum Gasteiger partial charge on any atom is 0.397 e. The number of hydrogen-bond acceptors (Lipinski definition) is 1. The Morgan fingerprint density at radius 2 is 2.00 bits per heavy atom. The van der Waals surface area contributed by atoms with Crippen LogP contribution in [0.4, 0.5) is 13.2 Å². The Morgan fingerprint density at radius 1 is 1.40 bits per heavy atom. The van der Waals surface area contributed by atoms with Crippen LogP contribution < -0.4 is 0 Å². The lowest BCUT2D eigenvalue weighted by Gasteiger charge is -2.37. The summed E-state index contributed by atoms with van der Waals surface area (Å²) in [5, 5.41) is 0.521. The number of carbonyl (C=O) groups excluding carboxylic acids is 1. The Balaban J connectivity index is 2.50. The minimum atomic E-state index is -4.40. The standard InChI is InChI=1S/C9H13BrF3NO/c10-4-5-14(7-2-1-3-7)8(15)6-9(11,12)13/h7H,1-6H2. The summed E-state index contributed by atoms with van der Waals surface area (Å²) >= 11 is 3.14. The van der Waals surface area contributed by atoms with Crippen molar-refractivity contribution >= 4 is 21.8 Å². The highest BCUT2D eigenvalue weighted by atomic mass is 79.9. The molecule has 0 spiro atoms. The van der Waals surface area contributed by atoms with Gasteiger partial charge in [-0.1, -0.05) is 15.9 Å². The molecular weight excluding hydrogens is 275 g/mol. The highest BCUT2D eigenvalue weighted by Crippen LogP contribution is 2.28. The van der Waals surface area contributed by atoms with Gasteiger partial charge in [-0.2, -0.15) is 13.2 Å². The summed E-state index contributed by atoms with van der Waals surface area (Å²) in [6.45, 7) is 0.361. The van der Waals surface area contributed by atoms with Crippen LogP contribution in [0.1, 0.15) is 25.7 Å². The third-order valence-corrected chi connectivity index (χ3v) is 2.87. The van der Waals surface area contributed by atoms with Gasteiger partial charge in [0.15, 0.2) is 0 Å². The summed E-state index contributed by atoms with van der Waals surface area (Å²) in [7, 11) is 0. The van der Waals surface area contributed by atoms with Gasteiger partial charge in [0.25, 0.3) is 0 Å². The highest BCUT2D eigenvalue weighted by Gasteiger charge is 2.36. The topological polar surface area (TPSA) is 20.3 Å². The van der Waals surface area contributed by atoms with Crippen molar-refractivity contribution in [2.45, 2.75) is 37.9 Å². The van der Waals surface area contributed by atoms with Crippen LogP contribution in [0.2, 0.25) is 0 Å². The van der Waals surface area contributed by atoms with Crippen LogP contribution in [0, 0.1) is 0 Å². The van der Waals surface area contributed by atoms with Gasteiger partial charge in [0.05, 0.1) is 0 Å². The fourth-order valence-electron chi connectivity index (χ4n) is 1.57. The molecule has 0 bridgehead atoms. The minimum Gasteiger partial charge on any atom is -0.339 e. The monoisotopic (exact) mass is 287 g/mol. The Hall–Kier alpha value is -0.260. The van der Waals surface area contributed by atoms with Crippen LogP contribution in [0.5, 0.6) is 0 Å². The van der Waals surface area contributed by atoms with E-state index in [1.54, 1.807) is 0 Å². The molecule has 1 aliphatic rings. The van der Waals surface area contributed by atoms with Gasteiger partial charge in [0.1, 0.15) is 6.42 Å². The molecule has 0 heterocycles. The third-order valence-electron chi connectivity index (χ3n) is 2.51. The lowest BCUT2D eigenvalue weighted by Crippen LogP contribution is -2.46. The minimum absolute atomic E-state index is 0.0254. The van der Waals surface area contributed by atoms with Gasteiger partial charge in [-0.25, -0.2) is 0 Å². The fourth-order valence-corrected chi connectivity index (χ4v) is 1.96. The molecule has 1 aliphatic carbocycles. The van der Waals surface area contributed by atoms with E-state index in [9.17, 15) is 18.0 Å². The normalized spacial score (nSPS) is 17.3. The van der Waals surface area contributed by atoms with E-state index in [4.69, 9.17) is 0 Å². The number of amides is 1. The summed E-state index contributed by atoms with van der Waals surface area (Å²) in [5.41, 5.74) is 0. The van der Waals surface area contributed by atoms with E-state index in [1.165, 1.54) is 4.90 Å². The van der Waals surface area contributed by atoms with Crippen molar-refractivity contribution in [1.29, 1.82) is 0 Å². The van der Waals surface area contributed by atoms with Crippen LogP contribution in [0.15, 0.2) is 0 Å². The summed E-state index contributed by atoms with van der Waals surface area (Å²) < 4.78 is 36.1. The molecule has 1 amide bonds. The van der Waals surface area contributed by atoms with Gasteiger partial charge < -0.3 is 4.90 Å². The summed E-state index contributed by atoms with van der Waals surface area (Å²) in [5.74, 6) is -0.799. The lowest BCUT2D eigenvalue weighted by atomic mass is 9.91. The van der Waals surface area contributed by atoms with E-state index in [2.05, 4.69) is 15.9 Å². The molecule has 15 heavy (non-hydrogen) atoms. The predicted octanol–water partition coefficient (Wildman–Crippen LogP) is 2.71. The molecular formula is C9H13BrF3NO. The molecule has 0 unspecified atom stereocenters. The summed E-state index contributed by atoms with van der Waals surface area (Å²) in [6.07, 6.45) is -3.07. The molecule has 0 aromatic heterocycles. The van der Waals surface area contributed by atoms with Crippen LogP contribution in [-0.2, 0) is 4.79 Å². The molecule has 0 aromatic carbocycles. The second kappa shape index (κ2) is 5.18. The van der Waals surface area contributed by atoms with Gasteiger partial charge in [0.2, 0.25) is 5.91 Å². The molecule has 1 saturated carbocycles. The maximum atomic E-state index is 12.0. The van der Waals surface area contributed by atoms with Crippen LogP contribution >= 0.6 is 15.9 Å². The zero-order valence-electron chi connectivity index (χ0n) is 8.19. The average molecular weight is 288 g/mol. The molecule has 0 radical (unpaired) electrons. The van der Waals surface area contributed by atoms with E-state index in [1.807, 2.05) is 0 Å². The van der Waals surface area contributed by atoms with Crippen molar-refractivity contribution in [1.82, 2.24) is 4.90 Å². The van der Waals surface area contributed by atoms with E-state index >= 15 is 0 Å². The summed E-state index contributed by atoms with van der Waals surface area (Å²) in [6, 6.07) is 0.0254. The number of nitrogens with zero attached hydrogens (tertiary/aromatic N) is 1. The van der Waals surface area contributed by atoms with Crippen molar-refractivity contribution in [3.63, 3.8) is 0 Å². The number of hydrogen-bond donors (Lipinski definition) is 0. The maximum absolute atomic E-state index is 12.0. The number of alkyl halides is 4. The first-order valence-corrected chi connectivity index (χ1v) is 5.98. The van der Waals surface area contributed by atoms with E-state index in [0.717, 1.165) is 19.3 Å². The molecule has 0 aromatic rings. The zero-order valence-corrected chi connectivity index (χ0v) is 9.77. The second-order valence-corrected chi connectivity index (χ2v) is 4.45. The number of carbonyl (C=O) groups is 1. The third kappa shape index (κ3) is 4.01. The highest BCUT2D eigenvalue weighted by molar-refractivity contribution is 9.09. The van der Waals surface area contributed by atoms with Crippen LogP contribution in [0.25, 0.3) is 0 Å². The quantitative estimate of drug-likeness (QED) is 0.728. The molecule has 0 aliphatic heterocycles. The summed E-state index contributed by atoms with van der Waals surface area (Å²) in [4.78, 5) is 12.7. The van der Waals surface area contributed by atoms with Gasteiger partial charge in [-0.15, -0.1) is 0 Å². The molecule has 0 atom stereocenters. The molecule has 1 fully saturated rings.